The molecule has 0 aromatic heterocycles. The van der Waals surface area contributed by atoms with Gasteiger partial charge in [0, 0.05) is 0 Å². The molecular weight excluding hydrogens is 363 g/mol. The van der Waals surface area contributed by atoms with Gasteiger partial charge in [0.05, 0.1) is 0 Å². The van der Waals surface area contributed by atoms with Crippen LogP contribution in [0.15, 0.2) is 30.3 Å². The van der Waals surface area contributed by atoms with E-state index in [2.05, 4.69) is 37.3 Å². The van der Waals surface area contributed by atoms with Crippen LogP contribution in [0.1, 0.15) is 109 Å². The molecule has 144 valence electrons. The van der Waals surface area contributed by atoms with Crippen molar-refractivity contribution in [3.05, 3.63) is 35.9 Å². The molecule has 2 unspecified atom stereocenters. The Morgan fingerprint density at radius 3 is 1.64 bits per heavy atom. The van der Waals surface area contributed by atoms with E-state index in [4.69, 9.17) is 0 Å². The predicted molar refractivity (Wildman–Crippen MR) is 117 cm³/mol. The van der Waals surface area contributed by atoms with E-state index < -0.39 is 0 Å². The van der Waals surface area contributed by atoms with Crippen LogP contribution in [-0.4, -0.2) is 16.9 Å². The normalized spacial score (nSPS) is 12.4. The first-order valence-electron chi connectivity index (χ1n) is 11.1. The summed E-state index contributed by atoms with van der Waals surface area (Å²) in [5, 5.41) is 0. The molecule has 1 aromatic rings. The van der Waals surface area contributed by atoms with Crippen molar-refractivity contribution >= 4 is 16.9 Å². The summed E-state index contributed by atoms with van der Waals surface area (Å²) in [5.74, 6) is 0. The van der Waals surface area contributed by atoms with Crippen LogP contribution in [-0.2, 0) is 6.42 Å². The standard InChI is InChI=1S/C24H43As/c1-2-3-4-5-6-7-8-9-10-11-12-13-17-20-24(25)22-21-23-18-15-14-16-19-23/h14-16,18-19,24H,2-13,17,20-22,25H2,1H3. The zero-order chi connectivity index (χ0) is 18.0. The summed E-state index contributed by atoms with van der Waals surface area (Å²) >= 11 is 1.96. The van der Waals surface area contributed by atoms with E-state index in [1.165, 1.54) is 108 Å². The van der Waals surface area contributed by atoms with Gasteiger partial charge in [-0.25, -0.2) is 0 Å². The van der Waals surface area contributed by atoms with E-state index in [1.54, 1.807) is 0 Å². The van der Waals surface area contributed by atoms with Gasteiger partial charge in [0.1, 0.15) is 0 Å². The molecule has 1 heteroatoms. The van der Waals surface area contributed by atoms with Gasteiger partial charge in [-0.15, -0.1) is 0 Å². The molecule has 0 aliphatic carbocycles. The van der Waals surface area contributed by atoms with Gasteiger partial charge in [0.2, 0.25) is 0 Å². The van der Waals surface area contributed by atoms with Gasteiger partial charge >= 0.3 is 141 Å². The fraction of sp³-hybridized carbons (Fsp3) is 0.750. The van der Waals surface area contributed by atoms with E-state index in [1.807, 2.05) is 16.9 Å². The molecule has 0 amide bonds. The molecular formula is C24H43As. The fourth-order valence-electron chi connectivity index (χ4n) is 3.57. The van der Waals surface area contributed by atoms with Crippen molar-refractivity contribution in [3.8, 4) is 0 Å². The van der Waals surface area contributed by atoms with Crippen LogP contribution >= 0.6 is 0 Å². The summed E-state index contributed by atoms with van der Waals surface area (Å²) in [6.45, 7) is 2.30. The molecule has 0 spiro atoms. The number of aryl methyl sites for hydroxylation is 1. The van der Waals surface area contributed by atoms with Gasteiger partial charge in [0.25, 0.3) is 0 Å². The van der Waals surface area contributed by atoms with Gasteiger partial charge in [0.15, 0.2) is 0 Å². The van der Waals surface area contributed by atoms with Crippen LogP contribution in [0.4, 0.5) is 0 Å². The Morgan fingerprint density at radius 2 is 1.12 bits per heavy atom. The molecule has 0 fully saturated rings. The van der Waals surface area contributed by atoms with Crippen molar-refractivity contribution in [1.29, 1.82) is 0 Å². The van der Waals surface area contributed by atoms with Crippen molar-refractivity contribution < 1.29 is 0 Å². The van der Waals surface area contributed by atoms with Crippen LogP contribution < -0.4 is 0 Å². The Bertz CT molecular complexity index is 373. The van der Waals surface area contributed by atoms with Crippen molar-refractivity contribution in [3.63, 3.8) is 0 Å². The van der Waals surface area contributed by atoms with E-state index in [-0.39, 0.29) is 0 Å². The molecule has 1 rings (SSSR count). The topological polar surface area (TPSA) is 0 Å². The first-order valence-corrected chi connectivity index (χ1v) is 12.5. The second kappa shape index (κ2) is 17.2. The Labute approximate surface area is 167 Å². The molecule has 2 atom stereocenters. The SMILES string of the molecule is CCCCCCCCCCCCCCCC([AsH2])CCc1ccccc1. The first kappa shape index (κ1) is 22.8. The third-order valence-electron chi connectivity index (χ3n) is 5.33. The molecule has 0 aliphatic heterocycles. The molecule has 0 saturated heterocycles. The van der Waals surface area contributed by atoms with Gasteiger partial charge in [-0.3, -0.25) is 0 Å². The molecule has 0 nitrogen and oxygen atoms in total. The molecule has 0 aliphatic rings. The number of rotatable bonds is 17. The van der Waals surface area contributed by atoms with Crippen molar-refractivity contribution in [1.82, 2.24) is 0 Å². The zero-order valence-corrected chi connectivity index (χ0v) is 19.3. The Morgan fingerprint density at radius 1 is 0.640 bits per heavy atom. The third kappa shape index (κ3) is 14.6. The van der Waals surface area contributed by atoms with Crippen LogP contribution in [0, 0.1) is 0 Å². The van der Waals surface area contributed by atoms with Gasteiger partial charge in [-0.2, -0.15) is 0 Å². The van der Waals surface area contributed by atoms with E-state index >= 15 is 0 Å². The predicted octanol–water partition coefficient (Wildman–Crippen LogP) is 7.52. The van der Waals surface area contributed by atoms with Crippen LogP contribution in [0.5, 0.6) is 0 Å². The van der Waals surface area contributed by atoms with Crippen molar-refractivity contribution in [2.45, 2.75) is 114 Å². The molecule has 0 saturated carbocycles. The fourth-order valence-corrected chi connectivity index (χ4v) is 4.41. The van der Waals surface area contributed by atoms with Crippen LogP contribution in [0.2, 0.25) is 4.71 Å². The van der Waals surface area contributed by atoms with Crippen molar-refractivity contribution in [2.24, 2.45) is 0 Å². The van der Waals surface area contributed by atoms with Crippen molar-refractivity contribution in [2.75, 3.05) is 0 Å². The first-order chi connectivity index (χ1) is 12.3. The minimum absolute atomic E-state index is 0.945. The zero-order valence-electron chi connectivity index (χ0n) is 16.9. The summed E-state index contributed by atoms with van der Waals surface area (Å²) in [4.78, 5) is 0. The molecule has 1 aromatic carbocycles. The second-order valence-corrected chi connectivity index (χ2v) is 9.79. The Balaban J connectivity index is 1.79. The molecule has 0 heterocycles. The molecule has 0 N–H and O–H groups in total. The summed E-state index contributed by atoms with van der Waals surface area (Å²) in [7, 11) is 0. The summed E-state index contributed by atoms with van der Waals surface area (Å²) in [6.07, 6.45) is 23.1. The number of hydrogen-bond donors (Lipinski definition) is 0. The number of hydrogen-bond acceptors (Lipinski definition) is 0. The Kier molecular flexibility index (Phi) is 15.7. The second-order valence-electron chi connectivity index (χ2n) is 7.82. The number of unbranched alkanes of at least 4 members (excludes halogenated alkanes) is 12. The van der Waals surface area contributed by atoms with Gasteiger partial charge in [-0.05, 0) is 0 Å². The summed E-state index contributed by atoms with van der Waals surface area (Å²) < 4.78 is 0.945. The maximum absolute atomic E-state index is 2.30. The summed E-state index contributed by atoms with van der Waals surface area (Å²) in [6, 6.07) is 11.0. The van der Waals surface area contributed by atoms with E-state index in [9.17, 15) is 0 Å². The van der Waals surface area contributed by atoms with E-state index in [0.717, 1.165) is 4.71 Å². The van der Waals surface area contributed by atoms with E-state index in [0.29, 0.717) is 0 Å². The third-order valence-corrected chi connectivity index (χ3v) is 6.72. The summed E-state index contributed by atoms with van der Waals surface area (Å²) in [5.41, 5.74) is 1.51. The molecule has 0 radical (unpaired) electrons. The number of benzene rings is 1. The van der Waals surface area contributed by atoms with Gasteiger partial charge in [-0.1, -0.05) is 26.2 Å². The Hall–Kier alpha value is -0.222. The quantitative estimate of drug-likeness (QED) is 0.185. The van der Waals surface area contributed by atoms with Gasteiger partial charge < -0.3 is 0 Å². The average molecular weight is 407 g/mol. The molecule has 0 bridgehead atoms. The molecule has 25 heavy (non-hydrogen) atoms. The van der Waals surface area contributed by atoms with Crippen LogP contribution in [0.3, 0.4) is 0 Å². The minimum atomic E-state index is 0.945. The monoisotopic (exact) mass is 406 g/mol. The maximum atomic E-state index is 2.30. The average Bonchev–Trinajstić information content (AvgIpc) is 2.64. The van der Waals surface area contributed by atoms with Crippen LogP contribution in [0.25, 0.3) is 0 Å².